The highest BCUT2D eigenvalue weighted by Crippen LogP contribution is 2.18. The second-order valence-electron chi connectivity index (χ2n) is 4.60. The van der Waals surface area contributed by atoms with Gasteiger partial charge in [0.25, 0.3) is 0 Å². The topological polar surface area (TPSA) is 38.0 Å². The number of nitrogens with one attached hydrogen (secondary N) is 1. The second-order valence-corrected chi connectivity index (χ2v) is 4.60. The summed E-state index contributed by atoms with van der Waals surface area (Å²) in [7, 11) is 0. The van der Waals surface area contributed by atoms with Gasteiger partial charge < -0.3 is 11.1 Å². The third kappa shape index (κ3) is 3.04. The number of hydrogen-bond donors (Lipinski definition) is 2. The summed E-state index contributed by atoms with van der Waals surface area (Å²) < 4.78 is 0. The second kappa shape index (κ2) is 5.58. The summed E-state index contributed by atoms with van der Waals surface area (Å²) in [5.74, 6) is 0. The van der Waals surface area contributed by atoms with Crippen molar-refractivity contribution in [2.24, 2.45) is 0 Å². The van der Waals surface area contributed by atoms with Crippen LogP contribution in [0.3, 0.4) is 0 Å². The SMILES string of the molecule is CCc1ccc(CNc2ccc(N)cc2C)cc1. The molecule has 0 radical (unpaired) electrons. The first-order chi connectivity index (χ1) is 8.69. The minimum absolute atomic E-state index is 0.811. The van der Waals surface area contributed by atoms with Gasteiger partial charge in [0.2, 0.25) is 0 Å². The van der Waals surface area contributed by atoms with Gasteiger partial charge in [-0.3, -0.25) is 0 Å². The molecule has 18 heavy (non-hydrogen) atoms. The fourth-order valence-electron chi connectivity index (χ4n) is 1.98. The quantitative estimate of drug-likeness (QED) is 0.799. The average Bonchev–Trinajstić information content (AvgIpc) is 2.38. The van der Waals surface area contributed by atoms with Crippen LogP contribution >= 0.6 is 0 Å². The highest BCUT2D eigenvalue weighted by Gasteiger charge is 1.99. The van der Waals surface area contributed by atoms with E-state index in [0.29, 0.717) is 0 Å². The Bertz CT molecular complexity index is 515. The van der Waals surface area contributed by atoms with Crippen molar-refractivity contribution in [2.75, 3.05) is 11.1 Å². The molecule has 94 valence electrons. The van der Waals surface area contributed by atoms with E-state index in [9.17, 15) is 0 Å². The standard InChI is InChI=1S/C16H20N2/c1-3-13-4-6-14(7-5-13)11-18-16-9-8-15(17)10-12(16)2/h4-10,18H,3,11,17H2,1-2H3. The van der Waals surface area contributed by atoms with Gasteiger partial charge in [-0.2, -0.15) is 0 Å². The summed E-state index contributed by atoms with van der Waals surface area (Å²) in [4.78, 5) is 0. The normalized spacial score (nSPS) is 10.3. The van der Waals surface area contributed by atoms with Crippen LogP contribution in [0, 0.1) is 6.92 Å². The number of nitrogens with two attached hydrogens (primary N) is 1. The molecule has 2 heteroatoms. The van der Waals surface area contributed by atoms with E-state index in [4.69, 9.17) is 5.73 Å². The maximum atomic E-state index is 5.74. The highest BCUT2D eigenvalue weighted by atomic mass is 14.9. The molecule has 2 rings (SSSR count). The van der Waals surface area contributed by atoms with Crippen LogP contribution in [0.5, 0.6) is 0 Å². The summed E-state index contributed by atoms with van der Waals surface area (Å²) >= 11 is 0. The zero-order chi connectivity index (χ0) is 13.0. The van der Waals surface area contributed by atoms with E-state index in [1.807, 2.05) is 18.2 Å². The van der Waals surface area contributed by atoms with Gasteiger partial charge in [0, 0.05) is 17.9 Å². The molecular weight excluding hydrogens is 220 g/mol. The molecule has 2 aromatic rings. The monoisotopic (exact) mass is 240 g/mol. The van der Waals surface area contributed by atoms with E-state index >= 15 is 0 Å². The predicted octanol–water partition coefficient (Wildman–Crippen LogP) is 3.75. The van der Waals surface area contributed by atoms with Gasteiger partial charge in [0.1, 0.15) is 0 Å². The Morgan fingerprint density at radius 2 is 1.67 bits per heavy atom. The summed E-state index contributed by atoms with van der Waals surface area (Å²) in [6.45, 7) is 5.08. The maximum Gasteiger partial charge on any atom is 0.0400 e. The Hall–Kier alpha value is -1.96. The van der Waals surface area contributed by atoms with Crippen molar-refractivity contribution in [3.8, 4) is 0 Å². The predicted molar refractivity (Wildman–Crippen MR) is 78.7 cm³/mol. The van der Waals surface area contributed by atoms with E-state index in [-0.39, 0.29) is 0 Å². The van der Waals surface area contributed by atoms with Gasteiger partial charge in [-0.05, 0) is 48.2 Å². The first-order valence-electron chi connectivity index (χ1n) is 6.37. The van der Waals surface area contributed by atoms with Gasteiger partial charge in [0.15, 0.2) is 0 Å². The number of nitrogen functional groups attached to an aromatic ring is 1. The fourth-order valence-corrected chi connectivity index (χ4v) is 1.98. The zero-order valence-corrected chi connectivity index (χ0v) is 11.0. The minimum atomic E-state index is 0.811. The molecule has 0 saturated carbocycles. The first-order valence-corrected chi connectivity index (χ1v) is 6.37. The van der Waals surface area contributed by atoms with Gasteiger partial charge in [-0.1, -0.05) is 31.2 Å². The average molecular weight is 240 g/mol. The number of aryl methyl sites for hydroxylation is 2. The number of benzene rings is 2. The lowest BCUT2D eigenvalue weighted by molar-refractivity contribution is 1.10. The lowest BCUT2D eigenvalue weighted by Gasteiger charge is -2.10. The highest BCUT2D eigenvalue weighted by molar-refractivity contribution is 5.57. The molecule has 2 nitrogen and oxygen atoms in total. The first kappa shape index (κ1) is 12.5. The molecule has 0 spiro atoms. The lowest BCUT2D eigenvalue weighted by atomic mass is 10.1. The molecule has 0 bridgehead atoms. The molecule has 0 saturated heterocycles. The van der Waals surface area contributed by atoms with E-state index in [1.165, 1.54) is 16.7 Å². The van der Waals surface area contributed by atoms with Gasteiger partial charge in [-0.15, -0.1) is 0 Å². The van der Waals surface area contributed by atoms with Crippen molar-refractivity contribution in [2.45, 2.75) is 26.8 Å². The van der Waals surface area contributed by atoms with Crippen molar-refractivity contribution in [3.63, 3.8) is 0 Å². The molecule has 0 atom stereocenters. The van der Waals surface area contributed by atoms with Gasteiger partial charge in [-0.25, -0.2) is 0 Å². The van der Waals surface area contributed by atoms with E-state index in [2.05, 4.69) is 43.4 Å². The smallest absolute Gasteiger partial charge is 0.0400 e. The van der Waals surface area contributed by atoms with E-state index < -0.39 is 0 Å². The maximum absolute atomic E-state index is 5.74. The number of rotatable bonds is 4. The fraction of sp³-hybridized carbons (Fsp3) is 0.250. The summed E-state index contributed by atoms with van der Waals surface area (Å²) in [6, 6.07) is 14.7. The van der Waals surface area contributed by atoms with Crippen LogP contribution < -0.4 is 11.1 Å². The molecule has 0 aliphatic carbocycles. The van der Waals surface area contributed by atoms with E-state index in [1.54, 1.807) is 0 Å². The van der Waals surface area contributed by atoms with Crippen molar-refractivity contribution >= 4 is 11.4 Å². The van der Waals surface area contributed by atoms with Crippen molar-refractivity contribution in [3.05, 3.63) is 59.2 Å². The molecule has 0 heterocycles. The summed E-state index contributed by atoms with van der Waals surface area (Å²) in [5.41, 5.74) is 11.5. The largest absolute Gasteiger partial charge is 0.399 e. The van der Waals surface area contributed by atoms with Crippen molar-refractivity contribution in [1.29, 1.82) is 0 Å². The zero-order valence-electron chi connectivity index (χ0n) is 11.0. The molecule has 0 aliphatic heterocycles. The van der Waals surface area contributed by atoms with Crippen LogP contribution in [0.1, 0.15) is 23.6 Å². The van der Waals surface area contributed by atoms with E-state index in [0.717, 1.165) is 24.3 Å². The summed E-state index contributed by atoms with van der Waals surface area (Å²) in [5, 5.41) is 3.44. The Kier molecular flexibility index (Phi) is 3.88. The van der Waals surface area contributed by atoms with Crippen LogP contribution in [-0.2, 0) is 13.0 Å². The molecular formula is C16H20N2. The molecule has 2 aromatic carbocycles. The van der Waals surface area contributed by atoms with Crippen LogP contribution in [0.25, 0.3) is 0 Å². The Morgan fingerprint density at radius 1 is 1.00 bits per heavy atom. The van der Waals surface area contributed by atoms with Crippen molar-refractivity contribution in [1.82, 2.24) is 0 Å². The Labute approximate surface area is 109 Å². The van der Waals surface area contributed by atoms with Gasteiger partial charge in [0.05, 0.1) is 0 Å². The molecule has 3 N–H and O–H groups in total. The number of hydrogen-bond acceptors (Lipinski definition) is 2. The Balaban J connectivity index is 2.02. The third-order valence-electron chi connectivity index (χ3n) is 3.16. The van der Waals surface area contributed by atoms with Crippen molar-refractivity contribution < 1.29 is 0 Å². The third-order valence-corrected chi connectivity index (χ3v) is 3.16. The molecule has 0 aliphatic rings. The molecule has 0 amide bonds. The van der Waals surface area contributed by atoms with Crippen LogP contribution in [0.15, 0.2) is 42.5 Å². The lowest BCUT2D eigenvalue weighted by Crippen LogP contribution is -2.01. The van der Waals surface area contributed by atoms with Crippen LogP contribution in [-0.4, -0.2) is 0 Å². The van der Waals surface area contributed by atoms with Crippen LogP contribution in [0.4, 0.5) is 11.4 Å². The minimum Gasteiger partial charge on any atom is -0.399 e. The molecule has 0 aromatic heterocycles. The van der Waals surface area contributed by atoms with Gasteiger partial charge >= 0.3 is 0 Å². The molecule has 0 fully saturated rings. The molecule has 0 unspecified atom stereocenters. The summed E-state index contributed by atoms with van der Waals surface area (Å²) in [6.07, 6.45) is 1.09. The number of anilines is 2. The van der Waals surface area contributed by atoms with Crippen LogP contribution in [0.2, 0.25) is 0 Å². The Morgan fingerprint density at radius 3 is 2.28 bits per heavy atom.